The van der Waals surface area contributed by atoms with Gasteiger partial charge in [-0.3, -0.25) is 4.79 Å². The van der Waals surface area contributed by atoms with Crippen LogP contribution in [0.5, 0.6) is 5.75 Å². The Morgan fingerprint density at radius 3 is 2.50 bits per heavy atom. The van der Waals surface area contributed by atoms with Crippen LogP contribution in [0.25, 0.3) is 10.8 Å². The predicted molar refractivity (Wildman–Crippen MR) is 115 cm³/mol. The van der Waals surface area contributed by atoms with Gasteiger partial charge in [-0.15, -0.1) is 0 Å². The number of amides is 1. The van der Waals surface area contributed by atoms with Gasteiger partial charge in [-0.2, -0.15) is 0 Å². The topological polar surface area (TPSA) is 38.3 Å². The van der Waals surface area contributed by atoms with E-state index in [0.29, 0.717) is 5.92 Å². The maximum Gasteiger partial charge on any atom is 0.265 e. The second kappa shape index (κ2) is 7.31. The average molecular weight is 373 g/mol. The fraction of sp³-hybridized carbons (Fsp3) is 0.320. The standard InChI is InChI=1S/C25H27NO2/c1-15(2)20-12-8-16(3)14-23(20)28-17(4)25(27)26-22-13-11-19-10-9-18-6-5-7-21(22)24(18)19/h5-8,11-15,17H,9-10H2,1-4H3,(H,26,27)/t17-/m0/s1. The van der Waals surface area contributed by atoms with E-state index in [2.05, 4.69) is 55.6 Å². The second-order valence-corrected chi connectivity index (χ2v) is 8.06. The summed E-state index contributed by atoms with van der Waals surface area (Å²) in [6.45, 7) is 8.11. The van der Waals surface area contributed by atoms with Crippen LogP contribution in [0.2, 0.25) is 0 Å². The summed E-state index contributed by atoms with van der Waals surface area (Å²) < 4.78 is 6.08. The molecule has 0 saturated carbocycles. The van der Waals surface area contributed by atoms with Gasteiger partial charge in [0.2, 0.25) is 0 Å². The van der Waals surface area contributed by atoms with Gasteiger partial charge in [0, 0.05) is 11.1 Å². The van der Waals surface area contributed by atoms with E-state index in [1.54, 1.807) is 0 Å². The highest BCUT2D eigenvalue weighted by molar-refractivity contribution is 6.06. The van der Waals surface area contributed by atoms with Crippen LogP contribution >= 0.6 is 0 Å². The van der Waals surface area contributed by atoms with E-state index in [-0.39, 0.29) is 5.91 Å². The van der Waals surface area contributed by atoms with Crippen LogP contribution in [0, 0.1) is 6.92 Å². The molecule has 0 fully saturated rings. The third-order valence-corrected chi connectivity index (χ3v) is 5.60. The molecule has 0 spiro atoms. The van der Waals surface area contributed by atoms with Crippen molar-refractivity contribution in [1.82, 2.24) is 0 Å². The number of hydrogen-bond donors (Lipinski definition) is 1. The van der Waals surface area contributed by atoms with Crippen LogP contribution in [-0.4, -0.2) is 12.0 Å². The van der Waals surface area contributed by atoms with Crippen molar-refractivity contribution >= 4 is 22.4 Å². The Morgan fingerprint density at radius 2 is 1.75 bits per heavy atom. The number of benzene rings is 3. The van der Waals surface area contributed by atoms with Gasteiger partial charge >= 0.3 is 0 Å². The van der Waals surface area contributed by atoms with E-state index in [0.717, 1.165) is 40.8 Å². The Kier molecular flexibility index (Phi) is 4.84. The minimum Gasteiger partial charge on any atom is -0.481 e. The van der Waals surface area contributed by atoms with Gasteiger partial charge in [0.15, 0.2) is 6.10 Å². The Morgan fingerprint density at radius 1 is 1.00 bits per heavy atom. The van der Waals surface area contributed by atoms with Gasteiger partial charge in [0.05, 0.1) is 0 Å². The molecule has 0 aromatic heterocycles. The lowest BCUT2D eigenvalue weighted by Crippen LogP contribution is -2.30. The number of rotatable bonds is 5. The van der Waals surface area contributed by atoms with Gasteiger partial charge in [0.25, 0.3) is 5.91 Å². The van der Waals surface area contributed by atoms with Crippen LogP contribution in [0.3, 0.4) is 0 Å². The molecule has 0 bridgehead atoms. The maximum absolute atomic E-state index is 12.9. The summed E-state index contributed by atoms with van der Waals surface area (Å²) >= 11 is 0. The molecule has 0 heterocycles. The van der Waals surface area contributed by atoms with E-state index in [1.807, 2.05) is 26.0 Å². The number of carbonyl (C=O) groups is 1. The summed E-state index contributed by atoms with van der Waals surface area (Å²) in [4.78, 5) is 12.9. The van der Waals surface area contributed by atoms with Crippen molar-refractivity contribution in [3.8, 4) is 5.75 Å². The Balaban J connectivity index is 1.57. The first-order valence-corrected chi connectivity index (χ1v) is 10.1. The average Bonchev–Trinajstić information content (AvgIpc) is 3.08. The van der Waals surface area contributed by atoms with E-state index in [4.69, 9.17) is 4.74 Å². The first-order valence-electron chi connectivity index (χ1n) is 10.1. The highest BCUT2D eigenvalue weighted by Gasteiger charge is 2.20. The van der Waals surface area contributed by atoms with Gasteiger partial charge < -0.3 is 10.1 Å². The minimum atomic E-state index is -0.581. The number of nitrogens with one attached hydrogen (secondary N) is 1. The molecule has 3 nitrogen and oxygen atoms in total. The monoisotopic (exact) mass is 373 g/mol. The molecule has 1 N–H and O–H groups in total. The van der Waals surface area contributed by atoms with E-state index in [1.165, 1.54) is 16.5 Å². The Labute approximate surface area is 166 Å². The van der Waals surface area contributed by atoms with Crippen molar-refractivity contribution < 1.29 is 9.53 Å². The Bertz CT molecular complexity index is 1040. The molecule has 4 rings (SSSR count). The molecule has 1 aliphatic carbocycles. The molecule has 1 amide bonds. The van der Waals surface area contributed by atoms with Crippen molar-refractivity contribution in [3.63, 3.8) is 0 Å². The minimum absolute atomic E-state index is 0.130. The second-order valence-electron chi connectivity index (χ2n) is 8.06. The maximum atomic E-state index is 12.9. The number of hydrogen-bond acceptors (Lipinski definition) is 2. The smallest absolute Gasteiger partial charge is 0.265 e. The first kappa shape index (κ1) is 18.5. The quantitative estimate of drug-likeness (QED) is 0.616. The number of aryl methyl sites for hydroxylation is 3. The lowest BCUT2D eigenvalue weighted by Gasteiger charge is -2.20. The molecule has 1 atom stereocenters. The molecule has 3 aromatic carbocycles. The molecule has 144 valence electrons. The molecule has 3 aromatic rings. The van der Waals surface area contributed by atoms with Gasteiger partial charge in [-0.05, 0) is 72.4 Å². The third-order valence-electron chi connectivity index (χ3n) is 5.60. The van der Waals surface area contributed by atoms with Crippen molar-refractivity contribution in [2.45, 2.75) is 52.6 Å². The van der Waals surface area contributed by atoms with Crippen LogP contribution in [0.15, 0.2) is 48.5 Å². The zero-order valence-electron chi connectivity index (χ0n) is 17.0. The molecule has 0 aliphatic heterocycles. The summed E-state index contributed by atoms with van der Waals surface area (Å²) in [6, 6.07) is 16.7. The van der Waals surface area contributed by atoms with Crippen molar-refractivity contribution in [1.29, 1.82) is 0 Å². The summed E-state index contributed by atoms with van der Waals surface area (Å²) in [5, 5.41) is 5.50. The molecular weight excluding hydrogens is 346 g/mol. The molecular formula is C25H27NO2. The van der Waals surface area contributed by atoms with Crippen LogP contribution in [0.1, 0.15) is 48.9 Å². The van der Waals surface area contributed by atoms with Crippen LogP contribution in [0.4, 0.5) is 5.69 Å². The fourth-order valence-electron chi connectivity index (χ4n) is 4.05. The summed E-state index contributed by atoms with van der Waals surface area (Å²) in [7, 11) is 0. The number of anilines is 1. The fourth-order valence-corrected chi connectivity index (χ4v) is 4.05. The van der Waals surface area contributed by atoms with Gasteiger partial charge in [-0.1, -0.05) is 50.2 Å². The van der Waals surface area contributed by atoms with Crippen molar-refractivity contribution in [2.75, 3.05) is 5.32 Å². The first-order chi connectivity index (χ1) is 13.4. The molecule has 0 radical (unpaired) electrons. The Hall–Kier alpha value is -2.81. The zero-order chi connectivity index (χ0) is 19.8. The third kappa shape index (κ3) is 3.37. The van der Waals surface area contributed by atoms with Gasteiger partial charge in [0.1, 0.15) is 5.75 Å². The van der Waals surface area contributed by atoms with Crippen molar-refractivity contribution in [3.05, 3.63) is 70.8 Å². The highest BCUT2D eigenvalue weighted by atomic mass is 16.5. The largest absolute Gasteiger partial charge is 0.481 e. The molecule has 1 aliphatic rings. The molecule has 0 unspecified atom stereocenters. The van der Waals surface area contributed by atoms with E-state index >= 15 is 0 Å². The van der Waals surface area contributed by atoms with Gasteiger partial charge in [-0.25, -0.2) is 0 Å². The van der Waals surface area contributed by atoms with E-state index < -0.39 is 6.10 Å². The summed E-state index contributed by atoms with van der Waals surface area (Å²) in [5.41, 5.74) is 5.84. The molecule has 0 saturated heterocycles. The highest BCUT2D eigenvalue weighted by Crippen LogP contribution is 2.35. The van der Waals surface area contributed by atoms with Crippen LogP contribution < -0.4 is 10.1 Å². The molecule has 3 heteroatoms. The summed E-state index contributed by atoms with van der Waals surface area (Å²) in [5.74, 6) is 0.996. The number of carbonyl (C=O) groups excluding carboxylic acids is 1. The summed E-state index contributed by atoms with van der Waals surface area (Å²) in [6.07, 6.45) is 1.58. The number of ether oxygens (including phenoxy) is 1. The lowest BCUT2D eigenvalue weighted by atomic mass is 10.0. The lowest BCUT2D eigenvalue weighted by molar-refractivity contribution is -0.122. The SMILES string of the molecule is Cc1ccc(C(C)C)c(O[C@@H](C)C(=O)Nc2ccc3c4c(cccc24)CC3)c1. The zero-order valence-corrected chi connectivity index (χ0v) is 17.0. The normalized spacial score (nSPS) is 13.8. The van der Waals surface area contributed by atoms with E-state index in [9.17, 15) is 4.79 Å². The van der Waals surface area contributed by atoms with Crippen LogP contribution in [-0.2, 0) is 17.6 Å². The molecule has 28 heavy (non-hydrogen) atoms. The van der Waals surface area contributed by atoms with Crippen molar-refractivity contribution in [2.24, 2.45) is 0 Å². The predicted octanol–water partition coefficient (Wildman–Crippen LogP) is 5.78.